The number of nitrogens with zero attached hydrogens (tertiary/aromatic N) is 1. The average molecular weight is 246 g/mol. The molecule has 1 fully saturated rings. The van der Waals surface area contributed by atoms with Crippen LogP contribution in [0.4, 0.5) is 0 Å². The molecule has 3 nitrogen and oxygen atoms in total. The molecule has 1 N–H and O–H groups in total. The van der Waals surface area contributed by atoms with Gasteiger partial charge >= 0.3 is 0 Å². The summed E-state index contributed by atoms with van der Waals surface area (Å²) in [5.41, 5.74) is 1.36. The Hall–Kier alpha value is -1.06. The summed E-state index contributed by atoms with van der Waals surface area (Å²) in [5, 5.41) is 3.45. The fourth-order valence-corrected chi connectivity index (χ4v) is 3.21. The molecule has 0 radical (unpaired) electrons. The van der Waals surface area contributed by atoms with E-state index in [0.717, 1.165) is 38.1 Å². The third-order valence-corrected chi connectivity index (χ3v) is 4.44. The Labute approximate surface area is 109 Å². The van der Waals surface area contributed by atoms with E-state index in [4.69, 9.17) is 4.74 Å². The molecule has 1 unspecified atom stereocenters. The highest BCUT2D eigenvalue weighted by atomic mass is 16.5. The van der Waals surface area contributed by atoms with Crippen molar-refractivity contribution in [1.82, 2.24) is 10.2 Å². The number of likely N-dealkylation sites (tertiary alicyclic amines) is 1. The number of piperidine rings is 1. The quantitative estimate of drug-likeness (QED) is 0.822. The molecule has 0 amide bonds. The molecule has 0 aliphatic carbocycles. The van der Waals surface area contributed by atoms with Crippen molar-refractivity contribution < 1.29 is 4.74 Å². The van der Waals surface area contributed by atoms with Crippen molar-refractivity contribution in [2.45, 2.75) is 30.9 Å². The molecule has 1 aromatic rings. The Bertz CT molecular complexity index is 424. The first kappa shape index (κ1) is 12.0. The Morgan fingerprint density at radius 3 is 2.72 bits per heavy atom. The number of nitrogens with one attached hydrogen (secondary N) is 1. The molecule has 18 heavy (non-hydrogen) atoms. The molecule has 1 saturated heterocycles. The summed E-state index contributed by atoms with van der Waals surface area (Å²) in [6.07, 6.45) is 3.36. The van der Waals surface area contributed by atoms with Gasteiger partial charge in [0.2, 0.25) is 0 Å². The third-order valence-electron chi connectivity index (χ3n) is 4.44. The zero-order valence-corrected chi connectivity index (χ0v) is 11.3. The van der Waals surface area contributed by atoms with Crippen molar-refractivity contribution in [1.29, 1.82) is 0 Å². The van der Waals surface area contributed by atoms with Gasteiger partial charge in [-0.1, -0.05) is 18.2 Å². The van der Waals surface area contributed by atoms with Gasteiger partial charge in [0.25, 0.3) is 0 Å². The van der Waals surface area contributed by atoms with E-state index in [9.17, 15) is 0 Å². The van der Waals surface area contributed by atoms with E-state index in [1.807, 2.05) is 0 Å². The predicted octanol–water partition coefficient (Wildman–Crippen LogP) is 2.19. The van der Waals surface area contributed by atoms with Gasteiger partial charge in [0.15, 0.2) is 0 Å². The number of hydrogen-bond acceptors (Lipinski definition) is 3. The molecule has 0 aromatic heterocycles. The van der Waals surface area contributed by atoms with E-state index < -0.39 is 0 Å². The zero-order valence-electron chi connectivity index (χ0n) is 11.3. The second kappa shape index (κ2) is 4.56. The molecule has 1 aromatic carbocycles. The molecule has 0 bridgehead atoms. The van der Waals surface area contributed by atoms with E-state index in [2.05, 4.69) is 48.6 Å². The van der Waals surface area contributed by atoms with E-state index in [-0.39, 0.29) is 5.60 Å². The largest absolute Gasteiger partial charge is 0.487 e. The SMILES string of the molecule is CNC1CC2(CCN(C)CC2)Oc2ccccc21. The van der Waals surface area contributed by atoms with Crippen molar-refractivity contribution in [3.05, 3.63) is 29.8 Å². The maximum atomic E-state index is 6.37. The second-order valence-electron chi connectivity index (χ2n) is 5.67. The lowest BCUT2D eigenvalue weighted by molar-refractivity contribution is -0.0195. The number of rotatable bonds is 1. The van der Waals surface area contributed by atoms with Crippen LogP contribution in [0.1, 0.15) is 30.9 Å². The molecule has 0 saturated carbocycles. The van der Waals surface area contributed by atoms with Crippen molar-refractivity contribution in [3.8, 4) is 5.75 Å². The molecule has 2 heterocycles. The topological polar surface area (TPSA) is 24.5 Å². The zero-order chi connectivity index (χ0) is 12.6. The van der Waals surface area contributed by atoms with Crippen LogP contribution in [0.25, 0.3) is 0 Å². The lowest BCUT2D eigenvalue weighted by atomic mass is 9.81. The van der Waals surface area contributed by atoms with Gasteiger partial charge in [-0.25, -0.2) is 0 Å². The van der Waals surface area contributed by atoms with Gasteiger partial charge in [0.1, 0.15) is 11.4 Å². The summed E-state index contributed by atoms with van der Waals surface area (Å²) in [4.78, 5) is 2.39. The monoisotopic (exact) mass is 246 g/mol. The van der Waals surface area contributed by atoms with Crippen LogP contribution in [0.2, 0.25) is 0 Å². The van der Waals surface area contributed by atoms with E-state index in [0.29, 0.717) is 6.04 Å². The van der Waals surface area contributed by atoms with E-state index in [1.54, 1.807) is 0 Å². The molecule has 1 spiro atoms. The van der Waals surface area contributed by atoms with Crippen LogP contribution in [0.3, 0.4) is 0 Å². The van der Waals surface area contributed by atoms with Crippen LogP contribution in [0.5, 0.6) is 5.75 Å². The van der Waals surface area contributed by atoms with E-state index in [1.165, 1.54) is 5.56 Å². The number of para-hydroxylation sites is 1. The van der Waals surface area contributed by atoms with Gasteiger partial charge in [-0.05, 0) is 33.0 Å². The number of ether oxygens (including phenoxy) is 1. The number of hydrogen-bond donors (Lipinski definition) is 1. The fourth-order valence-electron chi connectivity index (χ4n) is 3.21. The molecule has 2 aliphatic heterocycles. The normalized spacial score (nSPS) is 26.7. The summed E-state index contributed by atoms with van der Waals surface area (Å²) in [5.74, 6) is 1.08. The molecule has 2 aliphatic rings. The van der Waals surface area contributed by atoms with Gasteiger partial charge in [0, 0.05) is 31.1 Å². The minimum Gasteiger partial charge on any atom is -0.487 e. The van der Waals surface area contributed by atoms with Gasteiger partial charge in [-0.3, -0.25) is 0 Å². The first-order valence-electron chi connectivity index (χ1n) is 6.86. The van der Waals surface area contributed by atoms with E-state index >= 15 is 0 Å². The molecule has 98 valence electrons. The van der Waals surface area contributed by atoms with Gasteiger partial charge < -0.3 is 15.0 Å². The highest BCUT2D eigenvalue weighted by Gasteiger charge is 2.42. The summed E-state index contributed by atoms with van der Waals surface area (Å²) in [6.45, 7) is 2.28. The van der Waals surface area contributed by atoms with Gasteiger partial charge in [0.05, 0.1) is 0 Å². The highest BCUT2D eigenvalue weighted by molar-refractivity contribution is 5.39. The Morgan fingerprint density at radius 2 is 2.00 bits per heavy atom. The first-order chi connectivity index (χ1) is 8.72. The summed E-state index contributed by atoms with van der Waals surface area (Å²) >= 11 is 0. The van der Waals surface area contributed by atoms with Crippen molar-refractivity contribution in [3.63, 3.8) is 0 Å². The molecular formula is C15H22N2O. The minimum atomic E-state index is 0.0501. The molecule has 1 atom stereocenters. The standard InChI is InChI=1S/C15H22N2O/c1-16-13-11-15(7-9-17(2)10-8-15)18-14-6-4-3-5-12(13)14/h3-6,13,16H,7-11H2,1-2H3. The van der Waals surface area contributed by atoms with Crippen LogP contribution in [0.15, 0.2) is 24.3 Å². The molecular weight excluding hydrogens is 224 g/mol. The van der Waals surface area contributed by atoms with Gasteiger partial charge in [-0.2, -0.15) is 0 Å². The Balaban J connectivity index is 1.89. The Morgan fingerprint density at radius 1 is 1.28 bits per heavy atom. The number of fused-ring (bicyclic) bond motifs is 1. The van der Waals surface area contributed by atoms with Crippen molar-refractivity contribution in [2.24, 2.45) is 0 Å². The minimum absolute atomic E-state index is 0.0501. The predicted molar refractivity (Wildman–Crippen MR) is 72.9 cm³/mol. The van der Waals surface area contributed by atoms with Crippen molar-refractivity contribution >= 4 is 0 Å². The second-order valence-corrected chi connectivity index (χ2v) is 5.67. The summed E-state index contributed by atoms with van der Waals surface area (Å²) < 4.78 is 6.37. The smallest absolute Gasteiger partial charge is 0.124 e. The average Bonchev–Trinajstić information content (AvgIpc) is 2.41. The van der Waals surface area contributed by atoms with Crippen LogP contribution in [-0.2, 0) is 0 Å². The van der Waals surface area contributed by atoms with Crippen LogP contribution < -0.4 is 10.1 Å². The molecule has 3 rings (SSSR count). The summed E-state index contributed by atoms with van der Waals surface area (Å²) in [7, 11) is 4.24. The van der Waals surface area contributed by atoms with Crippen LogP contribution >= 0.6 is 0 Å². The van der Waals surface area contributed by atoms with Gasteiger partial charge in [-0.15, -0.1) is 0 Å². The molecule has 3 heteroatoms. The lowest BCUT2D eigenvalue weighted by Gasteiger charge is -2.46. The Kier molecular flexibility index (Phi) is 3.04. The first-order valence-corrected chi connectivity index (χ1v) is 6.86. The van der Waals surface area contributed by atoms with Crippen LogP contribution in [0, 0.1) is 0 Å². The lowest BCUT2D eigenvalue weighted by Crippen LogP contribution is -2.50. The fraction of sp³-hybridized carbons (Fsp3) is 0.600. The summed E-state index contributed by atoms with van der Waals surface area (Å²) in [6, 6.07) is 8.88. The maximum Gasteiger partial charge on any atom is 0.124 e. The third kappa shape index (κ3) is 2.02. The van der Waals surface area contributed by atoms with Crippen molar-refractivity contribution in [2.75, 3.05) is 27.2 Å². The van der Waals surface area contributed by atoms with Crippen LogP contribution in [-0.4, -0.2) is 37.7 Å². The maximum absolute atomic E-state index is 6.37. The highest BCUT2D eigenvalue weighted by Crippen LogP contribution is 2.43. The number of benzene rings is 1.